The van der Waals surface area contributed by atoms with Gasteiger partial charge in [-0.2, -0.15) is 0 Å². The fourth-order valence-electron chi connectivity index (χ4n) is 2.82. The molecule has 106 valence electrons. The zero-order valence-corrected chi connectivity index (χ0v) is 12.5. The van der Waals surface area contributed by atoms with E-state index in [1.54, 1.807) is 0 Å². The highest BCUT2D eigenvalue weighted by Crippen LogP contribution is 2.32. The van der Waals surface area contributed by atoms with Gasteiger partial charge in [-0.15, -0.1) is 0 Å². The fraction of sp³-hybridized carbons (Fsp3) is 0.647. The van der Waals surface area contributed by atoms with E-state index in [9.17, 15) is 5.11 Å². The lowest BCUT2D eigenvalue weighted by molar-refractivity contribution is -0.00813. The normalized spacial score (nSPS) is 27.6. The van der Waals surface area contributed by atoms with Gasteiger partial charge in [-0.25, -0.2) is 0 Å². The van der Waals surface area contributed by atoms with E-state index < -0.39 is 0 Å². The number of rotatable bonds is 3. The summed E-state index contributed by atoms with van der Waals surface area (Å²) in [5.74, 6) is 2.03. The van der Waals surface area contributed by atoms with E-state index in [0.717, 1.165) is 25.0 Å². The minimum absolute atomic E-state index is 0.0527. The van der Waals surface area contributed by atoms with E-state index in [1.807, 2.05) is 0 Å². The van der Waals surface area contributed by atoms with Gasteiger partial charge in [0.05, 0.1) is 6.10 Å². The predicted molar refractivity (Wildman–Crippen MR) is 78.7 cm³/mol. The molecule has 3 atom stereocenters. The van der Waals surface area contributed by atoms with Crippen LogP contribution in [0.3, 0.4) is 0 Å². The molecule has 2 nitrogen and oxygen atoms in total. The molecule has 2 rings (SSSR count). The number of ether oxygens (including phenoxy) is 1. The minimum atomic E-state index is -0.322. The highest BCUT2D eigenvalue weighted by atomic mass is 16.5. The molecule has 0 radical (unpaired) electrons. The van der Waals surface area contributed by atoms with Gasteiger partial charge in [-0.3, -0.25) is 0 Å². The smallest absolute Gasteiger partial charge is 0.125 e. The first-order valence-corrected chi connectivity index (χ1v) is 7.42. The molecular formula is C17H26O2. The van der Waals surface area contributed by atoms with Crippen LogP contribution in [0.5, 0.6) is 5.75 Å². The van der Waals surface area contributed by atoms with Crippen molar-refractivity contribution in [3.63, 3.8) is 0 Å². The Hall–Kier alpha value is -1.02. The molecule has 0 spiro atoms. The van der Waals surface area contributed by atoms with E-state index >= 15 is 0 Å². The Labute approximate surface area is 116 Å². The van der Waals surface area contributed by atoms with Crippen LogP contribution >= 0.6 is 0 Å². The second-order valence-corrected chi connectivity index (χ2v) is 6.34. The van der Waals surface area contributed by atoms with Gasteiger partial charge in [0.25, 0.3) is 0 Å². The van der Waals surface area contributed by atoms with Gasteiger partial charge in [0, 0.05) is 0 Å². The Morgan fingerprint density at radius 3 is 2.68 bits per heavy atom. The number of aliphatic hydroxyl groups is 1. The Balaban J connectivity index is 2.19. The largest absolute Gasteiger partial charge is 0.487 e. The van der Waals surface area contributed by atoms with Crippen LogP contribution < -0.4 is 4.74 Å². The third kappa shape index (κ3) is 3.50. The van der Waals surface area contributed by atoms with E-state index in [1.165, 1.54) is 11.1 Å². The van der Waals surface area contributed by atoms with Crippen molar-refractivity contribution >= 4 is 0 Å². The van der Waals surface area contributed by atoms with Crippen molar-refractivity contribution in [2.75, 3.05) is 0 Å². The molecule has 1 aromatic carbocycles. The quantitative estimate of drug-likeness (QED) is 0.890. The molecule has 0 amide bonds. The zero-order chi connectivity index (χ0) is 14.0. The van der Waals surface area contributed by atoms with Crippen LogP contribution in [-0.4, -0.2) is 17.3 Å². The predicted octanol–water partition coefficient (Wildman–Crippen LogP) is 4.05. The molecule has 19 heavy (non-hydrogen) atoms. The first kappa shape index (κ1) is 14.4. The van der Waals surface area contributed by atoms with Gasteiger partial charge in [0.15, 0.2) is 0 Å². The summed E-state index contributed by atoms with van der Waals surface area (Å²) in [6.45, 7) is 8.67. The molecule has 0 heterocycles. The molecule has 1 aromatic rings. The van der Waals surface area contributed by atoms with E-state index in [2.05, 4.69) is 45.9 Å². The maximum absolute atomic E-state index is 10.1. The van der Waals surface area contributed by atoms with Crippen molar-refractivity contribution in [2.24, 2.45) is 5.92 Å². The first-order valence-electron chi connectivity index (χ1n) is 7.42. The molecule has 1 aliphatic carbocycles. The molecule has 1 N–H and O–H groups in total. The average Bonchev–Trinajstić information content (AvgIpc) is 2.33. The molecular weight excluding hydrogens is 236 g/mol. The van der Waals surface area contributed by atoms with Crippen molar-refractivity contribution in [3.05, 3.63) is 29.3 Å². The summed E-state index contributed by atoms with van der Waals surface area (Å²) in [5.41, 5.74) is 2.44. The van der Waals surface area contributed by atoms with Crippen molar-refractivity contribution in [3.8, 4) is 5.75 Å². The maximum Gasteiger partial charge on any atom is 0.125 e. The van der Waals surface area contributed by atoms with Crippen LogP contribution in [0, 0.1) is 12.8 Å². The van der Waals surface area contributed by atoms with E-state index in [4.69, 9.17) is 4.74 Å². The highest BCUT2D eigenvalue weighted by Gasteiger charge is 2.29. The lowest BCUT2D eigenvalue weighted by Crippen LogP contribution is -2.37. The van der Waals surface area contributed by atoms with E-state index in [-0.39, 0.29) is 12.2 Å². The van der Waals surface area contributed by atoms with Crippen molar-refractivity contribution < 1.29 is 9.84 Å². The third-order valence-electron chi connectivity index (χ3n) is 4.09. The Morgan fingerprint density at radius 1 is 1.26 bits per heavy atom. The van der Waals surface area contributed by atoms with Gasteiger partial charge in [0.2, 0.25) is 0 Å². The minimum Gasteiger partial charge on any atom is -0.487 e. The number of hydrogen-bond donors (Lipinski definition) is 1. The number of aliphatic hydroxyl groups excluding tert-OH is 1. The van der Waals surface area contributed by atoms with E-state index in [0.29, 0.717) is 11.8 Å². The van der Waals surface area contributed by atoms with Crippen molar-refractivity contribution in [1.82, 2.24) is 0 Å². The average molecular weight is 262 g/mol. The molecule has 0 aliphatic heterocycles. The summed E-state index contributed by atoms with van der Waals surface area (Å²) in [4.78, 5) is 0. The van der Waals surface area contributed by atoms with Crippen LogP contribution in [0.25, 0.3) is 0 Å². The first-order chi connectivity index (χ1) is 8.97. The van der Waals surface area contributed by atoms with Crippen LogP contribution in [0.15, 0.2) is 18.2 Å². The van der Waals surface area contributed by atoms with Crippen LogP contribution in [-0.2, 0) is 0 Å². The van der Waals surface area contributed by atoms with Crippen molar-refractivity contribution in [1.29, 1.82) is 0 Å². The van der Waals surface area contributed by atoms with Crippen LogP contribution in [0.4, 0.5) is 0 Å². The Kier molecular flexibility index (Phi) is 4.51. The summed E-state index contributed by atoms with van der Waals surface area (Å²) in [6, 6.07) is 6.37. The van der Waals surface area contributed by atoms with Gasteiger partial charge < -0.3 is 9.84 Å². The highest BCUT2D eigenvalue weighted by molar-refractivity contribution is 5.39. The third-order valence-corrected chi connectivity index (χ3v) is 4.09. The summed E-state index contributed by atoms with van der Waals surface area (Å²) in [5, 5.41) is 10.1. The zero-order valence-electron chi connectivity index (χ0n) is 12.5. The standard InChI is InChI=1S/C17H26O2/c1-11(2)14-7-5-12(3)9-16(14)19-17-10-13(4)6-8-15(17)18/h5,7,9,11,13,15,17-18H,6,8,10H2,1-4H3. The molecule has 3 unspecified atom stereocenters. The SMILES string of the molecule is Cc1ccc(C(C)C)c(OC2CC(C)CCC2O)c1. The van der Waals surface area contributed by atoms with Gasteiger partial charge in [-0.1, -0.05) is 32.9 Å². The van der Waals surface area contributed by atoms with Gasteiger partial charge >= 0.3 is 0 Å². The molecule has 0 aromatic heterocycles. The summed E-state index contributed by atoms with van der Waals surface area (Å²) >= 11 is 0. The summed E-state index contributed by atoms with van der Waals surface area (Å²) in [7, 11) is 0. The topological polar surface area (TPSA) is 29.5 Å². The Morgan fingerprint density at radius 2 is 2.00 bits per heavy atom. The lowest BCUT2D eigenvalue weighted by Gasteiger charge is -2.32. The van der Waals surface area contributed by atoms with Crippen LogP contribution in [0.2, 0.25) is 0 Å². The Bertz CT molecular complexity index is 425. The molecule has 1 aliphatic rings. The second-order valence-electron chi connectivity index (χ2n) is 6.34. The van der Waals surface area contributed by atoms with Gasteiger partial charge in [0.1, 0.15) is 11.9 Å². The lowest BCUT2D eigenvalue weighted by atomic mass is 9.86. The van der Waals surface area contributed by atoms with Gasteiger partial charge in [-0.05, 0) is 55.2 Å². The number of aryl methyl sites for hydroxylation is 1. The number of benzene rings is 1. The monoisotopic (exact) mass is 262 g/mol. The summed E-state index contributed by atoms with van der Waals surface area (Å²) in [6.07, 6.45) is 2.53. The van der Waals surface area contributed by atoms with Crippen LogP contribution in [0.1, 0.15) is 57.1 Å². The second kappa shape index (κ2) is 5.96. The molecule has 0 saturated heterocycles. The molecule has 0 bridgehead atoms. The molecule has 1 fully saturated rings. The fourth-order valence-corrected chi connectivity index (χ4v) is 2.82. The van der Waals surface area contributed by atoms with Crippen molar-refractivity contribution in [2.45, 2.75) is 65.1 Å². The molecule has 1 saturated carbocycles. The molecule has 2 heteroatoms. The maximum atomic E-state index is 10.1. The number of hydrogen-bond acceptors (Lipinski definition) is 2. The summed E-state index contributed by atoms with van der Waals surface area (Å²) < 4.78 is 6.16.